The quantitative estimate of drug-likeness (QED) is 0.107. The Morgan fingerprint density at radius 3 is 2.04 bits per heavy atom. The first-order valence-corrected chi connectivity index (χ1v) is 25.6. The van der Waals surface area contributed by atoms with Gasteiger partial charge < -0.3 is 0 Å². The molecule has 4 heterocycles. The van der Waals surface area contributed by atoms with E-state index in [4.69, 9.17) is 13.8 Å². The standard InChI is InChI=1S/C65H48BN5O.Pt/c1-44-21-11-12-30-51(44)56-39-40-61(70-60-38-20-34-55-54-31-13-14-35-57(54)71(63(55)60)66(70)48-26-9-6-10-27-48)67-64(56)72-50-29-18-28-49(42-50)68-43-69(59-37-16-15-36-58(59)68)62-52(45-22-7-5-8-23-45)32-19-33-53(62)46-24-17-25-47(41-46)65(2,3)4;/h5-37,39-41H,1-4H3;/q-2;/i1D3;. The van der Waals surface area contributed by atoms with E-state index < -0.39 is 6.85 Å². The molecule has 354 valence electrons. The van der Waals surface area contributed by atoms with Gasteiger partial charge in [0.05, 0.1) is 0 Å². The number of fused-ring (bicyclic) bond motifs is 4. The maximum atomic E-state index is 8.62. The van der Waals surface area contributed by atoms with E-state index in [1.165, 1.54) is 10.9 Å². The molecule has 0 aliphatic carbocycles. The Labute approximate surface area is 440 Å². The Morgan fingerprint density at radius 2 is 1.25 bits per heavy atom. The van der Waals surface area contributed by atoms with Gasteiger partial charge in [0.15, 0.2) is 0 Å². The van der Waals surface area contributed by atoms with Crippen molar-refractivity contribution in [2.24, 2.45) is 0 Å². The monoisotopic (exact) mass is 1120 g/mol. The summed E-state index contributed by atoms with van der Waals surface area (Å²) in [4.78, 5) is 7.63. The Bertz CT molecular complexity index is 4290. The number of anilines is 2. The third-order valence-electron chi connectivity index (χ3n) is 14.1. The third-order valence-corrected chi connectivity index (χ3v) is 15.1. The summed E-state index contributed by atoms with van der Waals surface area (Å²) in [6.45, 7) is 4.04. The zero-order valence-electron chi connectivity index (χ0n) is 43.3. The van der Waals surface area contributed by atoms with Crippen LogP contribution >= 0.6 is 0 Å². The second kappa shape index (κ2) is 17.8. The third kappa shape index (κ3) is 7.52. The number of para-hydroxylation sites is 4. The Kier molecular flexibility index (Phi) is 10.1. The fraction of sp³-hybridized carbons (Fsp3) is 0.0769. The number of benzene rings is 9. The molecule has 1 aliphatic rings. The molecule has 73 heavy (non-hydrogen) atoms. The normalized spacial score (nSPS) is 13.2. The summed E-state index contributed by atoms with van der Waals surface area (Å²) in [5.74, 6) is 1.26. The first kappa shape index (κ1) is 41.4. The summed E-state index contributed by atoms with van der Waals surface area (Å²) < 4.78 is 40.8. The Morgan fingerprint density at radius 1 is 0.589 bits per heavy atom. The van der Waals surface area contributed by atoms with E-state index in [9.17, 15) is 0 Å². The SMILES string of the molecule is [2H]C([2H])([2H])c1ccccc1-c1ccc(N2B(c3ccccc3)n3c4ccccc4c4cc[c-]c2c43)nc1Oc1[c-]c(-n2[c](=[Pt])n(-c3c(-c4ccccc4)cccc3-c3cccc(C(C)(C)C)c3)c3ccccc32)ccc1. The Hall–Kier alpha value is -8.25. The van der Waals surface area contributed by atoms with Crippen molar-refractivity contribution in [3.63, 3.8) is 0 Å². The van der Waals surface area contributed by atoms with Crippen LogP contribution in [0.4, 0.5) is 11.5 Å². The van der Waals surface area contributed by atoms with Gasteiger partial charge in [-0.3, -0.25) is 0 Å². The van der Waals surface area contributed by atoms with E-state index in [0.29, 0.717) is 22.7 Å². The van der Waals surface area contributed by atoms with Crippen LogP contribution < -0.4 is 15.0 Å². The van der Waals surface area contributed by atoms with Gasteiger partial charge in [-0.1, -0.05) is 48.5 Å². The molecule has 0 saturated heterocycles. The van der Waals surface area contributed by atoms with Gasteiger partial charge in [0.1, 0.15) is 0 Å². The molecule has 8 heteroatoms. The van der Waals surface area contributed by atoms with Crippen LogP contribution in [-0.4, -0.2) is 25.6 Å². The number of imidazole rings is 1. The molecule has 0 spiro atoms. The van der Waals surface area contributed by atoms with Crippen molar-refractivity contribution < 1.29 is 28.2 Å². The van der Waals surface area contributed by atoms with Crippen molar-refractivity contribution in [3.8, 4) is 56.4 Å². The topological polar surface area (TPSA) is 40.1 Å². The molecular weight excluding hydrogens is 1070 g/mol. The van der Waals surface area contributed by atoms with Crippen LogP contribution in [0.2, 0.25) is 0 Å². The zero-order valence-corrected chi connectivity index (χ0v) is 42.6. The molecule has 0 radical (unpaired) electrons. The fourth-order valence-corrected chi connectivity index (χ4v) is 11.8. The molecule has 0 fully saturated rings. The average molecular weight is 1120 g/mol. The van der Waals surface area contributed by atoms with Gasteiger partial charge in [-0.15, -0.1) is 5.39 Å². The summed E-state index contributed by atoms with van der Waals surface area (Å²) >= 11 is 2.46. The van der Waals surface area contributed by atoms with Gasteiger partial charge in [0.2, 0.25) is 0 Å². The van der Waals surface area contributed by atoms with Crippen molar-refractivity contribution in [1.82, 2.24) is 18.6 Å². The van der Waals surface area contributed by atoms with Crippen LogP contribution in [0, 0.1) is 22.8 Å². The molecule has 12 aromatic rings. The summed E-state index contributed by atoms with van der Waals surface area (Å²) in [5.41, 5.74) is 14.8. The van der Waals surface area contributed by atoms with Crippen LogP contribution in [0.15, 0.2) is 218 Å². The molecule has 0 unspecified atom stereocenters. The zero-order chi connectivity index (χ0) is 51.9. The minimum atomic E-state index is -2.41. The van der Waals surface area contributed by atoms with E-state index in [1.54, 1.807) is 12.1 Å². The number of hydrogen-bond acceptors (Lipinski definition) is 3. The minimum absolute atomic E-state index is 0.0434. The van der Waals surface area contributed by atoms with Gasteiger partial charge in [0, 0.05) is 5.52 Å². The molecule has 0 saturated carbocycles. The first-order valence-electron chi connectivity index (χ1n) is 26.0. The predicted molar refractivity (Wildman–Crippen MR) is 296 cm³/mol. The van der Waals surface area contributed by atoms with Gasteiger partial charge >= 0.3 is 360 Å². The van der Waals surface area contributed by atoms with Crippen LogP contribution in [0.1, 0.15) is 36.0 Å². The first-order chi connectivity index (χ1) is 36.9. The van der Waals surface area contributed by atoms with Gasteiger partial charge in [-0.25, -0.2) is 0 Å². The fourth-order valence-electron chi connectivity index (χ4n) is 10.7. The van der Waals surface area contributed by atoms with E-state index in [-0.39, 0.29) is 23.8 Å². The number of pyridine rings is 1. The molecule has 13 rings (SSSR count). The summed E-state index contributed by atoms with van der Waals surface area (Å²) in [7, 11) is 0. The maximum absolute atomic E-state index is 8.62. The van der Waals surface area contributed by atoms with Crippen molar-refractivity contribution in [2.75, 3.05) is 4.81 Å². The van der Waals surface area contributed by atoms with E-state index in [0.717, 1.165) is 76.0 Å². The van der Waals surface area contributed by atoms with Gasteiger partial charge in [0.25, 0.3) is 0 Å². The van der Waals surface area contributed by atoms with Crippen LogP contribution in [0.25, 0.3) is 77.6 Å². The second-order valence-electron chi connectivity index (χ2n) is 19.5. The number of ether oxygens (including phenoxy) is 1. The summed E-state index contributed by atoms with van der Waals surface area (Å²) in [6.07, 6.45) is 0. The molecule has 0 bridgehead atoms. The van der Waals surface area contributed by atoms with Gasteiger partial charge in [-0.2, -0.15) is 12.1 Å². The van der Waals surface area contributed by atoms with Crippen molar-refractivity contribution in [1.29, 1.82) is 0 Å². The van der Waals surface area contributed by atoms with E-state index in [1.807, 2.05) is 54.6 Å². The number of aromatic nitrogens is 4. The molecule has 0 amide bonds. The van der Waals surface area contributed by atoms with Crippen LogP contribution in [0.5, 0.6) is 11.6 Å². The molecule has 1 aliphatic heterocycles. The van der Waals surface area contributed by atoms with Crippen molar-refractivity contribution in [3.05, 3.63) is 245 Å². The van der Waals surface area contributed by atoms with E-state index in [2.05, 4.69) is 222 Å². The molecule has 0 N–H and O–H groups in total. The summed E-state index contributed by atoms with van der Waals surface area (Å²) in [6, 6.07) is 81.8. The molecule has 9 aromatic carbocycles. The Balaban J connectivity index is 0.987. The van der Waals surface area contributed by atoms with Crippen molar-refractivity contribution in [2.45, 2.75) is 33.0 Å². The van der Waals surface area contributed by atoms with Gasteiger partial charge in [-0.05, 0) is 11.5 Å². The molecule has 0 atom stereocenters. The number of rotatable bonds is 9. The number of aryl methyl sites for hydroxylation is 1. The van der Waals surface area contributed by atoms with Crippen LogP contribution in [-0.2, 0) is 24.8 Å². The molecular formula is C65H48BN5OPt-2. The van der Waals surface area contributed by atoms with Crippen LogP contribution in [0.3, 0.4) is 0 Å². The number of hydrogen-bond donors (Lipinski definition) is 0. The predicted octanol–water partition coefficient (Wildman–Crippen LogP) is 15.4. The molecule has 6 nitrogen and oxygen atoms in total. The average Bonchev–Trinajstić information content (AvgIpc) is 4.29. The number of nitrogens with zero attached hydrogens (tertiary/aromatic N) is 5. The van der Waals surface area contributed by atoms with Crippen molar-refractivity contribution >= 4 is 56.8 Å². The van der Waals surface area contributed by atoms with E-state index >= 15 is 0 Å². The summed E-state index contributed by atoms with van der Waals surface area (Å²) in [5, 5.41) is 2.29. The second-order valence-corrected chi connectivity index (χ2v) is 20.5. The molecule has 3 aromatic heterocycles.